The Morgan fingerprint density at radius 1 is 1.00 bits per heavy atom. The summed E-state index contributed by atoms with van der Waals surface area (Å²) in [7, 11) is 0. The summed E-state index contributed by atoms with van der Waals surface area (Å²) in [4.78, 5) is 0. The van der Waals surface area contributed by atoms with Crippen LogP contribution in [0.2, 0.25) is 0 Å². The van der Waals surface area contributed by atoms with Crippen molar-refractivity contribution in [3.05, 3.63) is 66.1 Å². The van der Waals surface area contributed by atoms with Crippen molar-refractivity contribution in [1.29, 1.82) is 0 Å². The van der Waals surface area contributed by atoms with Crippen LogP contribution in [0.4, 0.5) is 0 Å². The van der Waals surface area contributed by atoms with Crippen molar-refractivity contribution in [3.8, 4) is 0 Å². The molecule has 0 nitrogen and oxygen atoms in total. The predicted octanol–water partition coefficient (Wildman–Crippen LogP) is 0.508. The van der Waals surface area contributed by atoms with E-state index in [1.54, 1.807) is 0 Å². The fraction of sp³-hybridized carbons (Fsp3) is 0.0714. The van der Waals surface area contributed by atoms with Gasteiger partial charge in [0.15, 0.2) is 0 Å². The van der Waals surface area contributed by atoms with Crippen LogP contribution in [0.15, 0.2) is 48.6 Å². The van der Waals surface area contributed by atoms with Gasteiger partial charge in [-0.25, -0.2) is 0 Å². The summed E-state index contributed by atoms with van der Waals surface area (Å²) in [5.74, 6) is 0. The Morgan fingerprint density at radius 2 is 1.73 bits per heavy atom. The molecular weight excluding hydrogens is 301 g/mol. The van der Waals surface area contributed by atoms with Crippen LogP contribution in [0.5, 0.6) is 0 Å². The van der Waals surface area contributed by atoms with Crippen LogP contribution in [0.1, 0.15) is 11.1 Å². The molecule has 0 radical (unpaired) electrons. The Bertz CT molecular complexity index is 465. The first kappa shape index (κ1) is 11.8. The van der Waals surface area contributed by atoms with Crippen LogP contribution < -0.4 is 68.9 Å². The monoisotopic (exact) mass is 312 g/mol. The molecule has 3 rings (SSSR count). The van der Waals surface area contributed by atoms with Gasteiger partial charge in [0.05, 0.1) is 0 Å². The van der Waals surface area contributed by atoms with Crippen LogP contribution in [0, 0.1) is 6.42 Å². The maximum Gasteiger partial charge on any atom is 1.00 e. The van der Waals surface area contributed by atoms with Gasteiger partial charge in [-0.3, -0.25) is 0 Å². The number of benzene rings is 2. The molecule has 1 heteroatoms. The molecule has 0 amide bonds. The topological polar surface area (TPSA) is 0 Å². The van der Waals surface area contributed by atoms with Crippen LogP contribution >= 0.6 is 0 Å². The average Bonchev–Trinajstić information content (AvgIpc) is 2.26. The minimum atomic E-state index is 0. The molecule has 0 fully saturated rings. The Morgan fingerprint density at radius 3 is 2.53 bits per heavy atom. The number of fused-ring (bicyclic) bond motifs is 2. The van der Waals surface area contributed by atoms with Crippen molar-refractivity contribution in [1.82, 2.24) is 0 Å². The Hall–Kier alpha value is 0.362. The summed E-state index contributed by atoms with van der Waals surface area (Å²) in [5, 5.41) is 2.67. The fourth-order valence-electron chi connectivity index (χ4n) is 2.00. The van der Waals surface area contributed by atoms with E-state index in [1.807, 2.05) is 0 Å². The molecule has 0 saturated carbocycles. The standard InChI is InChI=1S/C14H11.Cs/c1-2-6-12-10-14-8-4-3-7-13(14)9-11(12)5-1;/h1-7,9-10H,8H2;/q-1;+1. The maximum absolute atomic E-state index is 2.30. The molecule has 0 aromatic heterocycles. The molecule has 1 aliphatic rings. The van der Waals surface area contributed by atoms with E-state index >= 15 is 0 Å². The van der Waals surface area contributed by atoms with E-state index in [1.165, 1.54) is 21.9 Å². The Kier molecular flexibility index (Phi) is 4.05. The van der Waals surface area contributed by atoms with Crippen molar-refractivity contribution in [2.45, 2.75) is 6.42 Å². The third-order valence-electron chi connectivity index (χ3n) is 2.76. The molecule has 0 bridgehead atoms. The van der Waals surface area contributed by atoms with Crippen molar-refractivity contribution in [2.24, 2.45) is 0 Å². The predicted molar refractivity (Wildman–Crippen MR) is 60.2 cm³/mol. The zero-order valence-corrected chi connectivity index (χ0v) is 15.2. The van der Waals surface area contributed by atoms with Gasteiger partial charge in [-0.05, 0) is 5.39 Å². The molecule has 0 spiro atoms. The zero-order valence-electron chi connectivity index (χ0n) is 8.90. The molecule has 1 aliphatic carbocycles. The van der Waals surface area contributed by atoms with Crippen LogP contribution in [-0.2, 0) is 6.42 Å². The molecule has 2 aromatic rings. The van der Waals surface area contributed by atoms with Crippen LogP contribution in [0.3, 0.4) is 0 Å². The second-order valence-corrected chi connectivity index (χ2v) is 3.70. The van der Waals surface area contributed by atoms with E-state index in [-0.39, 0.29) is 68.9 Å². The van der Waals surface area contributed by atoms with Crippen LogP contribution in [0.25, 0.3) is 10.8 Å². The number of hydrogen-bond acceptors (Lipinski definition) is 0. The van der Waals surface area contributed by atoms with E-state index in [2.05, 4.69) is 55.0 Å². The third-order valence-corrected chi connectivity index (χ3v) is 2.76. The molecule has 68 valence electrons. The number of rotatable bonds is 0. The van der Waals surface area contributed by atoms with Crippen molar-refractivity contribution in [2.75, 3.05) is 0 Å². The third kappa shape index (κ3) is 2.38. The largest absolute Gasteiger partial charge is 1.00 e. The number of allylic oxidation sites excluding steroid dienone is 2. The normalized spacial score (nSPS) is 12.8. The Labute approximate surface area is 149 Å². The van der Waals surface area contributed by atoms with Gasteiger partial charge < -0.3 is 0 Å². The van der Waals surface area contributed by atoms with E-state index in [4.69, 9.17) is 0 Å². The van der Waals surface area contributed by atoms with Gasteiger partial charge in [0, 0.05) is 0 Å². The molecule has 0 N–H and O–H groups in total. The molecule has 0 unspecified atom stereocenters. The van der Waals surface area contributed by atoms with Gasteiger partial charge in [0.1, 0.15) is 0 Å². The van der Waals surface area contributed by atoms with Crippen LogP contribution in [-0.4, -0.2) is 0 Å². The first-order chi connectivity index (χ1) is 6.93. The van der Waals surface area contributed by atoms with E-state index < -0.39 is 0 Å². The molecule has 0 aliphatic heterocycles. The van der Waals surface area contributed by atoms with Crippen molar-refractivity contribution < 1.29 is 68.9 Å². The first-order valence-corrected chi connectivity index (χ1v) is 4.95. The first-order valence-electron chi connectivity index (χ1n) is 4.95. The molecular formula is C14H11Cs. The fourth-order valence-corrected chi connectivity index (χ4v) is 2.00. The van der Waals surface area contributed by atoms with Gasteiger partial charge in [0.2, 0.25) is 0 Å². The Balaban J connectivity index is 0.000000853. The smallest absolute Gasteiger partial charge is 0.159 e. The van der Waals surface area contributed by atoms with Gasteiger partial charge in [0.25, 0.3) is 0 Å². The van der Waals surface area contributed by atoms with Gasteiger partial charge in [-0.1, -0.05) is 42.1 Å². The van der Waals surface area contributed by atoms with Crippen molar-refractivity contribution in [3.63, 3.8) is 0 Å². The minimum Gasteiger partial charge on any atom is -0.159 e. The maximum atomic E-state index is 2.30. The summed E-state index contributed by atoms with van der Waals surface area (Å²) in [5.41, 5.74) is 2.80. The van der Waals surface area contributed by atoms with Gasteiger partial charge in [-0.2, -0.15) is 6.08 Å². The molecule has 15 heavy (non-hydrogen) atoms. The average molecular weight is 312 g/mol. The molecule has 2 aromatic carbocycles. The summed E-state index contributed by atoms with van der Waals surface area (Å²) >= 11 is 0. The molecule has 0 heterocycles. The molecule has 0 atom stereocenters. The second-order valence-electron chi connectivity index (χ2n) is 3.70. The van der Waals surface area contributed by atoms with E-state index in [9.17, 15) is 0 Å². The van der Waals surface area contributed by atoms with E-state index in [0.717, 1.165) is 6.42 Å². The summed E-state index contributed by atoms with van der Waals surface area (Å²) in [6.45, 7) is 0. The SMILES string of the molecule is C1=CCc2cc3ccccc3cc2[CH-]1.[Cs+]. The van der Waals surface area contributed by atoms with E-state index in [0.29, 0.717) is 0 Å². The van der Waals surface area contributed by atoms with Crippen molar-refractivity contribution >= 4 is 10.8 Å². The second kappa shape index (κ2) is 5.13. The zero-order chi connectivity index (χ0) is 9.38. The summed E-state index contributed by atoms with van der Waals surface area (Å²) in [6.07, 6.45) is 7.59. The minimum absolute atomic E-state index is 0. The summed E-state index contributed by atoms with van der Waals surface area (Å²) in [6, 6.07) is 13.1. The quantitative estimate of drug-likeness (QED) is 0.622. The number of hydrogen-bond donors (Lipinski definition) is 0. The summed E-state index contributed by atoms with van der Waals surface area (Å²) < 4.78 is 0. The van der Waals surface area contributed by atoms with Gasteiger partial charge >= 0.3 is 68.9 Å². The molecule has 0 saturated heterocycles. The van der Waals surface area contributed by atoms with Gasteiger partial charge in [-0.15, -0.1) is 29.7 Å².